The van der Waals surface area contributed by atoms with Gasteiger partial charge in [-0.2, -0.15) is 4.52 Å². The minimum Gasteiger partial charge on any atom is -0.461 e. The van der Waals surface area contributed by atoms with E-state index < -0.39 is 0 Å². The van der Waals surface area contributed by atoms with E-state index >= 15 is 0 Å². The van der Waals surface area contributed by atoms with Crippen LogP contribution in [0.1, 0.15) is 23.3 Å². The van der Waals surface area contributed by atoms with Crippen LogP contribution in [-0.2, 0) is 12.8 Å². The summed E-state index contributed by atoms with van der Waals surface area (Å²) in [6.45, 7) is 0. The first-order valence-corrected chi connectivity index (χ1v) is 8.41. The fourth-order valence-corrected chi connectivity index (χ4v) is 4.61. The molecule has 0 radical (unpaired) electrons. The molecule has 0 atom stereocenters. The molecular weight excluding hydrogens is 320 g/mol. The molecule has 110 valence electrons. The lowest BCUT2D eigenvalue weighted by Crippen LogP contribution is -1.99. The molecule has 0 aliphatic heterocycles. The van der Waals surface area contributed by atoms with Gasteiger partial charge >= 0.3 is 0 Å². The summed E-state index contributed by atoms with van der Waals surface area (Å²) in [5.41, 5.74) is 2.15. The number of fused-ring (bicyclic) bond motifs is 5. The van der Waals surface area contributed by atoms with E-state index in [9.17, 15) is 0 Å². The lowest BCUT2D eigenvalue weighted by atomic mass is 9.97. The van der Waals surface area contributed by atoms with Crippen molar-refractivity contribution in [3.05, 3.63) is 34.1 Å². The van der Waals surface area contributed by atoms with Crippen LogP contribution in [0.15, 0.2) is 22.8 Å². The third-order valence-corrected chi connectivity index (χ3v) is 5.52. The zero-order chi connectivity index (χ0) is 14.7. The molecule has 1 aliphatic rings. The van der Waals surface area contributed by atoms with Crippen LogP contribution in [0.3, 0.4) is 0 Å². The van der Waals surface area contributed by atoms with E-state index in [1.165, 1.54) is 23.3 Å². The highest BCUT2D eigenvalue weighted by Gasteiger charge is 2.23. The number of aryl methyl sites for hydroxylation is 2. The number of aromatic nitrogens is 4. The molecule has 0 amide bonds. The molecule has 7 heteroatoms. The number of rotatable bonds is 1. The Labute approximate surface area is 134 Å². The normalized spacial score (nSPS) is 14.8. The van der Waals surface area contributed by atoms with Gasteiger partial charge in [-0.15, -0.1) is 16.4 Å². The van der Waals surface area contributed by atoms with Crippen LogP contribution < -0.4 is 0 Å². The molecule has 5 nitrogen and oxygen atoms in total. The highest BCUT2D eigenvalue weighted by molar-refractivity contribution is 7.19. The van der Waals surface area contributed by atoms with Gasteiger partial charge in [-0.25, -0.2) is 9.97 Å². The second-order valence-corrected chi connectivity index (χ2v) is 6.84. The molecule has 0 saturated carbocycles. The Morgan fingerprint density at radius 2 is 2.14 bits per heavy atom. The monoisotopic (exact) mass is 330 g/mol. The summed E-state index contributed by atoms with van der Waals surface area (Å²) < 4.78 is 7.01. The van der Waals surface area contributed by atoms with Gasteiger partial charge in [0.15, 0.2) is 11.4 Å². The van der Waals surface area contributed by atoms with Crippen LogP contribution in [0.4, 0.5) is 0 Å². The lowest BCUT2D eigenvalue weighted by molar-refractivity contribution is 0.577. The van der Waals surface area contributed by atoms with Crippen molar-refractivity contribution in [2.75, 3.05) is 0 Å². The van der Waals surface area contributed by atoms with Gasteiger partial charge in [0.25, 0.3) is 0 Å². The van der Waals surface area contributed by atoms with Crippen molar-refractivity contribution in [1.29, 1.82) is 0 Å². The molecule has 4 aromatic heterocycles. The van der Waals surface area contributed by atoms with E-state index in [4.69, 9.17) is 16.0 Å². The fraction of sp³-hybridized carbons (Fsp3) is 0.267. The molecule has 0 spiro atoms. The summed E-state index contributed by atoms with van der Waals surface area (Å²) in [6.07, 6.45) is 6.28. The first-order valence-electron chi connectivity index (χ1n) is 7.21. The van der Waals surface area contributed by atoms with Crippen molar-refractivity contribution >= 4 is 38.8 Å². The minimum atomic E-state index is 0.339. The van der Waals surface area contributed by atoms with Crippen LogP contribution >= 0.6 is 22.9 Å². The van der Waals surface area contributed by atoms with Crippen LogP contribution in [0.25, 0.3) is 27.4 Å². The van der Waals surface area contributed by atoms with E-state index in [0.29, 0.717) is 16.9 Å². The number of furan rings is 1. The molecule has 0 fully saturated rings. The van der Waals surface area contributed by atoms with E-state index in [1.54, 1.807) is 22.1 Å². The van der Waals surface area contributed by atoms with Crippen LogP contribution in [0.5, 0.6) is 0 Å². The van der Waals surface area contributed by atoms with Crippen molar-refractivity contribution in [2.45, 2.75) is 25.7 Å². The van der Waals surface area contributed by atoms with Crippen LogP contribution in [-0.4, -0.2) is 19.6 Å². The molecule has 0 aromatic carbocycles. The number of hydrogen-bond acceptors (Lipinski definition) is 5. The highest BCUT2D eigenvalue weighted by atomic mass is 35.5. The zero-order valence-electron chi connectivity index (χ0n) is 11.5. The highest BCUT2D eigenvalue weighted by Crippen LogP contribution is 2.38. The quantitative estimate of drug-likeness (QED) is 0.492. The predicted molar refractivity (Wildman–Crippen MR) is 85.5 cm³/mol. The number of thiophene rings is 1. The predicted octanol–water partition coefficient (Wildman–Crippen LogP) is 4.13. The van der Waals surface area contributed by atoms with Gasteiger partial charge in [0.05, 0.1) is 11.6 Å². The van der Waals surface area contributed by atoms with Crippen molar-refractivity contribution < 1.29 is 4.42 Å². The summed E-state index contributed by atoms with van der Waals surface area (Å²) in [4.78, 5) is 11.6. The van der Waals surface area contributed by atoms with Crippen LogP contribution in [0, 0.1) is 0 Å². The van der Waals surface area contributed by atoms with Gasteiger partial charge in [-0.1, -0.05) is 0 Å². The standard InChI is InChI=1S/C15H11ClN4OS/c16-15-18-14-11(8-4-1-2-6-10(8)22-14)13-17-12(19-20(13)15)9-5-3-7-21-9/h3,5,7H,1-2,4,6H2. The Bertz CT molecular complexity index is 1000. The average molecular weight is 331 g/mol. The second-order valence-electron chi connectivity index (χ2n) is 5.42. The Morgan fingerprint density at radius 3 is 3.00 bits per heavy atom. The van der Waals surface area contributed by atoms with Gasteiger partial charge < -0.3 is 4.42 Å². The summed E-state index contributed by atoms with van der Waals surface area (Å²) in [5.74, 6) is 1.17. The van der Waals surface area contributed by atoms with Gasteiger partial charge in [-0.05, 0) is 55.0 Å². The number of hydrogen-bond donors (Lipinski definition) is 0. The van der Waals surface area contributed by atoms with E-state index in [1.807, 2.05) is 12.1 Å². The average Bonchev–Trinajstić information content (AvgIpc) is 3.24. The van der Waals surface area contributed by atoms with E-state index in [2.05, 4.69) is 15.1 Å². The molecule has 0 unspecified atom stereocenters. The first kappa shape index (κ1) is 12.6. The van der Waals surface area contributed by atoms with Crippen molar-refractivity contribution in [1.82, 2.24) is 19.6 Å². The Hall–Kier alpha value is -1.92. The minimum absolute atomic E-state index is 0.339. The molecule has 0 saturated heterocycles. The third-order valence-electron chi connectivity index (χ3n) is 4.09. The van der Waals surface area contributed by atoms with Gasteiger partial charge in [0, 0.05) is 4.88 Å². The van der Waals surface area contributed by atoms with Crippen molar-refractivity contribution in [2.24, 2.45) is 0 Å². The maximum Gasteiger partial charge on any atom is 0.227 e. The topological polar surface area (TPSA) is 56.2 Å². The van der Waals surface area contributed by atoms with Crippen LogP contribution in [0.2, 0.25) is 5.28 Å². The molecule has 0 N–H and O–H groups in total. The van der Waals surface area contributed by atoms with Gasteiger partial charge in [0.1, 0.15) is 4.83 Å². The Kier molecular flexibility index (Phi) is 2.60. The number of halogens is 1. The third kappa shape index (κ3) is 1.68. The molecule has 4 heterocycles. The summed E-state index contributed by atoms with van der Waals surface area (Å²) >= 11 is 8.04. The molecule has 1 aliphatic carbocycles. The Balaban J connectivity index is 1.88. The molecule has 4 aromatic rings. The van der Waals surface area contributed by atoms with Crippen molar-refractivity contribution in [3.63, 3.8) is 0 Å². The molecule has 5 rings (SSSR count). The summed E-state index contributed by atoms with van der Waals surface area (Å²) in [5, 5.41) is 5.90. The largest absolute Gasteiger partial charge is 0.461 e. The van der Waals surface area contributed by atoms with Gasteiger partial charge in [-0.3, -0.25) is 0 Å². The molecule has 0 bridgehead atoms. The SMILES string of the molecule is Clc1nc2sc3c(c2c2nc(-c4ccco4)nn12)CCCC3. The lowest BCUT2D eigenvalue weighted by Gasteiger charge is -2.10. The maximum atomic E-state index is 6.30. The maximum absolute atomic E-state index is 6.30. The van der Waals surface area contributed by atoms with Crippen molar-refractivity contribution in [3.8, 4) is 11.6 Å². The second kappa shape index (κ2) is 4.54. The fourth-order valence-electron chi connectivity index (χ4n) is 3.10. The van der Waals surface area contributed by atoms with E-state index in [0.717, 1.165) is 28.7 Å². The zero-order valence-corrected chi connectivity index (χ0v) is 13.1. The van der Waals surface area contributed by atoms with E-state index in [-0.39, 0.29) is 0 Å². The molecular formula is C15H11ClN4OS. The number of nitrogens with zero attached hydrogens (tertiary/aromatic N) is 4. The summed E-state index contributed by atoms with van der Waals surface area (Å²) in [6, 6.07) is 3.67. The summed E-state index contributed by atoms with van der Waals surface area (Å²) in [7, 11) is 0. The first-order chi connectivity index (χ1) is 10.8. The molecule has 22 heavy (non-hydrogen) atoms. The Morgan fingerprint density at radius 1 is 1.23 bits per heavy atom. The van der Waals surface area contributed by atoms with Gasteiger partial charge in [0.2, 0.25) is 11.1 Å². The smallest absolute Gasteiger partial charge is 0.227 e.